The van der Waals surface area contributed by atoms with Crippen LogP contribution in [0.3, 0.4) is 0 Å². The van der Waals surface area contributed by atoms with Crippen LogP contribution in [0.1, 0.15) is 5.76 Å². The predicted octanol–water partition coefficient (Wildman–Crippen LogP) is 2.98. The number of imide groups is 1. The molecule has 0 aliphatic carbocycles. The Hall–Kier alpha value is -2.47. The van der Waals surface area contributed by atoms with Gasteiger partial charge in [-0.2, -0.15) is 0 Å². The highest BCUT2D eigenvalue weighted by Gasteiger charge is 2.25. The first kappa shape index (κ1) is 12.6. The summed E-state index contributed by atoms with van der Waals surface area (Å²) in [6, 6.07) is 10.1. The number of aromatic hydroxyl groups is 1. The van der Waals surface area contributed by atoms with Crippen molar-refractivity contribution in [3.8, 4) is 17.1 Å². The van der Waals surface area contributed by atoms with E-state index >= 15 is 0 Å². The molecule has 2 amide bonds. The van der Waals surface area contributed by atoms with E-state index in [9.17, 15) is 14.7 Å². The number of carbonyl (C=O) groups is 2. The zero-order valence-electron chi connectivity index (χ0n) is 10.1. The SMILES string of the molecule is O=C1NC(=O)/C(=C/c2ccc(-c3ccc(O)cc3)o2)S1. The zero-order chi connectivity index (χ0) is 14.1. The Morgan fingerprint density at radius 1 is 1.10 bits per heavy atom. The summed E-state index contributed by atoms with van der Waals surface area (Å²) in [6.07, 6.45) is 1.52. The van der Waals surface area contributed by atoms with E-state index < -0.39 is 5.91 Å². The number of hydrogen-bond acceptors (Lipinski definition) is 5. The number of furan rings is 1. The fraction of sp³-hybridized carbons (Fsp3) is 0. The molecule has 20 heavy (non-hydrogen) atoms. The van der Waals surface area contributed by atoms with Gasteiger partial charge in [-0.05, 0) is 48.2 Å². The Bertz CT molecular complexity index is 715. The van der Waals surface area contributed by atoms with E-state index in [2.05, 4.69) is 5.32 Å². The number of benzene rings is 1. The van der Waals surface area contributed by atoms with Gasteiger partial charge in [-0.15, -0.1) is 0 Å². The molecule has 1 aliphatic heterocycles. The third-order valence-electron chi connectivity index (χ3n) is 2.69. The lowest BCUT2D eigenvalue weighted by atomic mass is 10.2. The third-order valence-corrected chi connectivity index (χ3v) is 3.50. The average Bonchev–Trinajstić information content (AvgIpc) is 2.98. The van der Waals surface area contributed by atoms with Crippen molar-refractivity contribution in [3.05, 3.63) is 47.1 Å². The number of phenols is 1. The Morgan fingerprint density at radius 2 is 1.85 bits per heavy atom. The molecule has 1 aromatic carbocycles. The quantitative estimate of drug-likeness (QED) is 0.830. The van der Waals surface area contributed by atoms with Gasteiger partial charge in [0.2, 0.25) is 0 Å². The van der Waals surface area contributed by atoms with Crippen molar-refractivity contribution in [2.75, 3.05) is 0 Å². The van der Waals surface area contributed by atoms with Gasteiger partial charge in [0.05, 0.1) is 4.91 Å². The van der Waals surface area contributed by atoms with E-state index in [1.165, 1.54) is 6.08 Å². The van der Waals surface area contributed by atoms with Crippen LogP contribution in [-0.2, 0) is 4.79 Å². The van der Waals surface area contributed by atoms with Crippen molar-refractivity contribution in [1.82, 2.24) is 5.32 Å². The molecule has 0 radical (unpaired) electrons. The average molecular weight is 287 g/mol. The summed E-state index contributed by atoms with van der Waals surface area (Å²) in [5.74, 6) is 0.870. The Morgan fingerprint density at radius 3 is 2.50 bits per heavy atom. The minimum absolute atomic E-state index is 0.181. The van der Waals surface area contributed by atoms with E-state index in [1.54, 1.807) is 36.4 Å². The molecule has 2 N–H and O–H groups in total. The molecular weight excluding hydrogens is 278 g/mol. The van der Waals surface area contributed by atoms with Crippen molar-refractivity contribution in [2.24, 2.45) is 0 Å². The van der Waals surface area contributed by atoms with Crippen LogP contribution in [0, 0.1) is 0 Å². The summed E-state index contributed by atoms with van der Waals surface area (Å²) in [5.41, 5.74) is 0.812. The molecule has 1 aromatic heterocycles. The minimum Gasteiger partial charge on any atom is -0.508 e. The topological polar surface area (TPSA) is 79.5 Å². The molecule has 1 fully saturated rings. The first-order valence-electron chi connectivity index (χ1n) is 5.76. The van der Waals surface area contributed by atoms with Crippen molar-refractivity contribution < 1.29 is 19.1 Å². The number of amides is 2. The molecular formula is C14H9NO4S. The third kappa shape index (κ3) is 2.46. The molecule has 2 heterocycles. The standard InChI is InChI=1S/C14H9NO4S/c16-9-3-1-8(2-4-9)11-6-5-10(19-11)7-12-13(17)15-14(18)20-12/h1-7,16H,(H,15,17,18)/b12-7-. The molecule has 0 bridgehead atoms. The number of thioether (sulfide) groups is 1. The molecule has 0 saturated carbocycles. The molecule has 3 rings (SSSR count). The van der Waals surface area contributed by atoms with Crippen LogP contribution in [-0.4, -0.2) is 16.3 Å². The van der Waals surface area contributed by atoms with Crippen LogP contribution in [0.15, 0.2) is 45.7 Å². The molecule has 0 spiro atoms. The van der Waals surface area contributed by atoms with Crippen LogP contribution in [0.5, 0.6) is 5.75 Å². The number of hydrogen-bond donors (Lipinski definition) is 2. The Balaban J connectivity index is 1.87. The molecule has 6 heteroatoms. The van der Waals surface area contributed by atoms with Crippen LogP contribution in [0.25, 0.3) is 17.4 Å². The van der Waals surface area contributed by atoms with Crippen LogP contribution >= 0.6 is 11.8 Å². The van der Waals surface area contributed by atoms with Crippen LogP contribution in [0.2, 0.25) is 0 Å². The molecule has 0 unspecified atom stereocenters. The summed E-state index contributed by atoms with van der Waals surface area (Å²) in [5, 5.41) is 11.0. The largest absolute Gasteiger partial charge is 0.508 e. The maximum absolute atomic E-state index is 11.4. The zero-order valence-corrected chi connectivity index (χ0v) is 10.9. The maximum atomic E-state index is 11.4. The lowest BCUT2D eigenvalue weighted by Crippen LogP contribution is -2.17. The first-order chi connectivity index (χ1) is 9.61. The maximum Gasteiger partial charge on any atom is 0.290 e. The van der Waals surface area contributed by atoms with Crippen molar-refractivity contribution in [3.63, 3.8) is 0 Å². The second kappa shape index (κ2) is 4.90. The lowest BCUT2D eigenvalue weighted by Gasteiger charge is -1.96. The monoisotopic (exact) mass is 287 g/mol. The number of carbonyl (C=O) groups excluding carboxylic acids is 2. The van der Waals surface area contributed by atoms with Gasteiger partial charge in [0, 0.05) is 11.6 Å². The van der Waals surface area contributed by atoms with Crippen molar-refractivity contribution in [1.29, 1.82) is 0 Å². The van der Waals surface area contributed by atoms with E-state index in [0.717, 1.165) is 17.3 Å². The van der Waals surface area contributed by atoms with Gasteiger partial charge < -0.3 is 9.52 Å². The first-order valence-corrected chi connectivity index (χ1v) is 6.57. The molecule has 1 saturated heterocycles. The number of nitrogens with one attached hydrogen (secondary N) is 1. The summed E-state index contributed by atoms with van der Waals surface area (Å²) < 4.78 is 5.59. The number of phenolic OH excluding ortho intramolecular Hbond substituents is 1. The normalized spacial score (nSPS) is 16.7. The molecule has 0 atom stereocenters. The second-order valence-corrected chi connectivity index (χ2v) is 5.12. The Labute approximate surface area is 118 Å². The van der Waals surface area contributed by atoms with E-state index in [-0.39, 0.29) is 11.0 Å². The fourth-order valence-electron chi connectivity index (χ4n) is 1.76. The highest BCUT2D eigenvalue weighted by molar-refractivity contribution is 8.18. The fourth-order valence-corrected chi connectivity index (χ4v) is 2.42. The van der Waals surface area contributed by atoms with Crippen LogP contribution in [0.4, 0.5) is 4.79 Å². The predicted molar refractivity (Wildman–Crippen MR) is 74.9 cm³/mol. The molecule has 100 valence electrons. The smallest absolute Gasteiger partial charge is 0.290 e. The summed E-state index contributed by atoms with van der Waals surface area (Å²) in [4.78, 5) is 22.8. The van der Waals surface area contributed by atoms with Gasteiger partial charge in [0.25, 0.3) is 11.1 Å². The van der Waals surface area contributed by atoms with Crippen molar-refractivity contribution in [2.45, 2.75) is 0 Å². The summed E-state index contributed by atoms with van der Waals surface area (Å²) in [6.45, 7) is 0. The second-order valence-electron chi connectivity index (χ2n) is 4.10. The molecule has 2 aromatic rings. The number of rotatable bonds is 2. The highest BCUT2D eigenvalue weighted by Crippen LogP contribution is 2.29. The molecule has 5 nitrogen and oxygen atoms in total. The van der Waals surface area contributed by atoms with Crippen molar-refractivity contribution >= 4 is 29.0 Å². The van der Waals surface area contributed by atoms with E-state index in [4.69, 9.17) is 4.42 Å². The van der Waals surface area contributed by atoms with Gasteiger partial charge in [-0.3, -0.25) is 14.9 Å². The van der Waals surface area contributed by atoms with E-state index in [1.807, 2.05) is 0 Å². The summed E-state index contributed by atoms with van der Waals surface area (Å²) >= 11 is 0.844. The van der Waals surface area contributed by atoms with Gasteiger partial charge in [-0.25, -0.2) is 0 Å². The van der Waals surface area contributed by atoms with Gasteiger partial charge in [-0.1, -0.05) is 0 Å². The minimum atomic E-state index is -0.414. The van der Waals surface area contributed by atoms with Gasteiger partial charge in [0.15, 0.2) is 0 Å². The Kier molecular flexibility index (Phi) is 3.08. The summed E-state index contributed by atoms with van der Waals surface area (Å²) in [7, 11) is 0. The highest BCUT2D eigenvalue weighted by atomic mass is 32.2. The molecule has 1 aliphatic rings. The van der Waals surface area contributed by atoms with Crippen LogP contribution < -0.4 is 5.32 Å². The lowest BCUT2D eigenvalue weighted by molar-refractivity contribution is -0.115. The van der Waals surface area contributed by atoms with E-state index in [0.29, 0.717) is 16.4 Å². The van der Waals surface area contributed by atoms with Gasteiger partial charge >= 0.3 is 0 Å². The van der Waals surface area contributed by atoms with Gasteiger partial charge in [0.1, 0.15) is 17.3 Å².